The molecule has 0 heterocycles. The van der Waals surface area contributed by atoms with Gasteiger partial charge in [0.15, 0.2) is 0 Å². The maximum Gasteiger partial charge on any atom is 0.306 e. The lowest BCUT2D eigenvalue weighted by molar-refractivity contribution is -0.143. The molecular formula is C17H27O3P. The summed E-state index contributed by atoms with van der Waals surface area (Å²) in [6.07, 6.45) is 5.35. The number of esters is 1. The molecule has 0 spiro atoms. The zero-order valence-corrected chi connectivity index (χ0v) is 14.1. The summed E-state index contributed by atoms with van der Waals surface area (Å²) in [7, 11) is -0.719. The second kappa shape index (κ2) is 11.7. The van der Waals surface area contributed by atoms with Gasteiger partial charge >= 0.3 is 5.97 Å². The van der Waals surface area contributed by atoms with Crippen molar-refractivity contribution in [1.82, 2.24) is 0 Å². The van der Waals surface area contributed by atoms with Crippen LogP contribution in [0.2, 0.25) is 0 Å². The zero-order chi connectivity index (χ0) is 15.3. The van der Waals surface area contributed by atoms with Crippen LogP contribution in [-0.2, 0) is 14.1 Å². The fourth-order valence-electron chi connectivity index (χ4n) is 1.78. The van der Waals surface area contributed by atoms with Gasteiger partial charge in [-0.05, 0) is 12.8 Å². The number of hydrogen-bond donors (Lipinski definition) is 0. The van der Waals surface area contributed by atoms with Crippen LogP contribution in [0.15, 0.2) is 30.3 Å². The van der Waals surface area contributed by atoms with Crippen molar-refractivity contribution in [1.29, 1.82) is 0 Å². The number of rotatable bonds is 11. The van der Waals surface area contributed by atoms with Crippen molar-refractivity contribution in [2.75, 3.05) is 19.4 Å². The molecule has 0 fully saturated rings. The number of carbonyl (C=O) groups excluding carboxylic acids is 1. The van der Waals surface area contributed by atoms with Crippen LogP contribution in [-0.4, -0.2) is 25.3 Å². The highest BCUT2D eigenvalue weighted by molar-refractivity contribution is 7.60. The molecule has 0 bridgehead atoms. The molecule has 1 unspecified atom stereocenters. The molecule has 3 nitrogen and oxygen atoms in total. The van der Waals surface area contributed by atoms with Gasteiger partial charge in [-0.3, -0.25) is 4.79 Å². The summed E-state index contributed by atoms with van der Waals surface area (Å²) in [4.78, 5) is 11.7. The standard InChI is InChI=1S/C17H27O3P/c1-3-5-13-19-17(18)12-15-21(20-14-6-4-2)16-10-8-7-9-11-16/h7-11H,3-6,12-15H2,1-2H3. The van der Waals surface area contributed by atoms with E-state index in [9.17, 15) is 4.79 Å². The smallest absolute Gasteiger partial charge is 0.306 e. The van der Waals surface area contributed by atoms with Crippen molar-refractivity contribution in [2.24, 2.45) is 0 Å². The average Bonchev–Trinajstić information content (AvgIpc) is 2.52. The van der Waals surface area contributed by atoms with Crippen LogP contribution in [0, 0.1) is 0 Å². The van der Waals surface area contributed by atoms with Gasteiger partial charge in [0.05, 0.1) is 27.8 Å². The van der Waals surface area contributed by atoms with Crippen LogP contribution >= 0.6 is 8.15 Å². The number of hydrogen-bond acceptors (Lipinski definition) is 3. The van der Waals surface area contributed by atoms with Gasteiger partial charge in [-0.15, -0.1) is 0 Å². The SMILES string of the molecule is CCCCOC(=O)CCP(OCCCC)c1ccccc1. The van der Waals surface area contributed by atoms with E-state index < -0.39 is 8.15 Å². The highest BCUT2D eigenvalue weighted by Crippen LogP contribution is 2.36. The molecule has 21 heavy (non-hydrogen) atoms. The highest BCUT2D eigenvalue weighted by atomic mass is 31.1. The minimum atomic E-state index is -0.719. The van der Waals surface area contributed by atoms with Crippen LogP contribution in [0.1, 0.15) is 46.0 Å². The third-order valence-electron chi connectivity index (χ3n) is 3.07. The molecular weight excluding hydrogens is 283 g/mol. The highest BCUT2D eigenvalue weighted by Gasteiger charge is 2.14. The van der Waals surface area contributed by atoms with Crippen LogP contribution in [0.4, 0.5) is 0 Å². The Hall–Kier alpha value is -0.920. The molecule has 0 aliphatic carbocycles. The van der Waals surface area contributed by atoms with Gasteiger partial charge < -0.3 is 9.26 Å². The Morgan fingerprint density at radius 2 is 1.71 bits per heavy atom. The molecule has 0 saturated carbocycles. The van der Waals surface area contributed by atoms with E-state index in [2.05, 4.69) is 26.0 Å². The molecule has 1 rings (SSSR count). The van der Waals surface area contributed by atoms with E-state index in [0.29, 0.717) is 13.0 Å². The Labute approximate surface area is 129 Å². The fraction of sp³-hybridized carbons (Fsp3) is 0.588. The van der Waals surface area contributed by atoms with E-state index in [4.69, 9.17) is 9.26 Å². The van der Waals surface area contributed by atoms with Crippen molar-refractivity contribution in [3.8, 4) is 0 Å². The van der Waals surface area contributed by atoms with Gasteiger partial charge in [-0.25, -0.2) is 0 Å². The molecule has 0 radical (unpaired) electrons. The van der Waals surface area contributed by atoms with Crippen LogP contribution in [0.3, 0.4) is 0 Å². The third-order valence-corrected chi connectivity index (χ3v) is 5.07. The van der Waals surface area contributed by atoms with Gasteiger partial charge in [-0.2, -0.15) is 0 Å². The molecule has 1 atom stereocenters. The first-order valence-electron chi connectivity index (χ1n) is 7.89. The topological polar surface area (TPSA) is 35.5 Å². The normalized spacial score (nSPS) is 12.1. The predicted octanol–water partition coefficient (Wildman–Crippen LogP) is 4.26. The van der Waals surface area contributed by atoms with E-state index in [0.717, 1.165) is 38.5 Å². The molecule has 118 valence electrons. The van der Waals surface area contributed by atoms with Crippen LogP contribution in [0.5, 0.6) is 0 Å². The lowest BCUT2D eigenvalue weighted by Gasteiger charge is -2.17. The average molecular weight is 310 g/mol. The molecule has 0 N–H and O–H groups in total. The summed E-state index contributed by atoms with van der Waals surface area (Å²) in [5, 5.41) is 1.20. The van der Waals surface area contributed by atoms with Crippen molar-refractivity contribution in [2.45, 2.75) is 46.0 Å². The van der Waals surface area contributed by atoms with Crippen molar-refractivity contribution in [3.05, 3.63) is 30.3 Å². The third kappa shape index (κ3) is 8.18. The van der Waals surface area contributed by atoms with E-state index in [1.807, 2.05) is 18.2 Å². The second-order valence-electron chi connectivity index (χ2n) is 4.95. The van der Waals surface area contributed by atoms with Crippen LogP contribution in [0.25, 0.3) is 0 Å². The molecule has 0 amide bonds. The van der Waals surface area contributed by atoms with E-state index in [-0.39, 0.29) is 5.97 Å². The molecule has 0 aromatic heterocycles. The van der Waals surface area contributed by atoms with E-state index >= 15 is 0 Å². The Bertz CT molecular complexity index is 381. The minimum Gasteiger partial charge on any atom is -0.466 e. The molecule has 0 aliphatic heterocycles. The largest absolute Gasteiger partial charge is 0.466 e. The summed E-state index contributed by atoms with van der Waals surface area (Å²) in [5.41, 5.74) is 0. The minimum absolute atomic E-state index is 0.106. The Morgan fingerprint density at radius 1 is 1.05 bits per heavy atom. The summed E-state index contributed by atoms with van der Waals surface area (Å²) >= 11 is 0. The van der Waals surface area contributed by atoms with Gasteiger partial charge in [-0.1, -0.05) is 57.0 Å². The Kier molecular flexibility index (Phi) is 10.1. The molecule has 0 aliphatic rings. The van der Waals surface area contributed by atoms with Crippen LogP contribution < -0.4 is 5.30 Å². The van der Waals surface area contributed by atoms with Gasteiger partial charge in [0.25, 0.3) is 0 Å². The monoisotopic (exact) mass is 310 g/mol. The second-order valence-corrected chi connectivity index (χ2v) is 6.93. The van der Waals surface area contributed by atoms with Crippen molar-refractivity contribution >= 4 is 19.4 Å². The summed E-state index contributed by atoms with van der Waals surface area (Å²) in [6, 6.07) is 10.2. The molecule has 4 heteroatoms. The first kappa shape index (κ1) is 18.1. The van der Waals surface area contributed by atoms with Crippen molar-refractivity contribution < 1.29 is 14.1 Å². The maximum absolute atomic E-state index is 11.7. The maximum atomic E-state index is 11.7. The van der Waals surface area contributed by atoms with Gasteiger partial charge in [0.2, 0.25) is 0 Å². The summed E-state index contributed by atoms with van der Waals surface area (Å²) in [6.45, 7) is 5.54. The zero-order valence-electron chi connectivity index (χ0n) is 13.2. The number of carbonyl (C=O) groups is 1. The molecule has 0 saturated heterocycles. The number of benzene rings is 1. The lowest BCUT2D eigenvalue weighted by Crippen LogP contribution is -2.12. The Balaban J connectivity index is 2.43. The molecule has 1 aromatic carbocycles. The predicted molar refractivity (Wildman–Crippen MR) is 89.2 cm³/mol. The van der Waals surface area contributed by atoms with Gasteiger partial charge in [0.1, 0.15) is 0 Å². The lowest BCUT2D eigenvalue weighted by atomic mass is 10.4. The van der Waals surface area contributed by atoms with E-state index in [1.165, 1.54) is 5.30 Å². The summed E-state index contributed by atoms with van der Waals surface area (Å²) in [5.74, 6) is -0.106. The number of ether oxygens (including phenoxy) is 1. The quantitative estimate of drug-likeness (QED) is 0.348. The van der Waals surface area contributed by atoms with Gasteiger partial charge in [0, 0.05) is 11.5 Å². The first-order chi connectivity index (χ1) is 10.3. The first-order valence-corrected chi connectivity index (χ1v) is 9.33. The van der Waals surface area contributed by atoms with E-state index in [1.54, 1.807) is 0 Å². The molecule has 1 aromatic rings. The Morgan fingerprint density at radius 3 is 2.38 bits per heavy atom. The summed E-state index contributed by atoms with van der Waals surface area (Å²) < 4.78 is 11.2. The number of unbranched alkanes of at least 4 members (excludes halogenated alkanes) is 2. The fourth-order valence-corrected chi connectivity index (χ4v) is 3.55. The van der Waals surface area contributed by atoms with Crippen molar-refractivity contribution in [3.63, 3.8) is 0 Å².